The number of nitrogens with zero attached hydrogens (tertiary/aromatic N) is 3. The summed E-state index contributed by atoms with van der Waals surface area (Å²) >= 11 is 3.44. The van der Waals surface area contributed by atoms with Crippen LogP contribution in [0.15, 0.2) is 22.8 Å². The molecule has 0 spiro atoms. The molecule has 104 valence electrons. The number of pyridine rings is 1. The normalized spacial score (nSPS) is 23.0. The second-order valence-electron chi connectivity index (χ2n) is 5.70. The molecule has 0 N–H and O–H groups in total. The smallest absolute Gasteiger partial charge is 0.106 e. The number of hydrogen-bond acceptors (Lipinski definition) is 3. The van der Waals surface area contributed by atoms with Crippen molar-refractivity contribution in [2.24, 2.45) is 0 Å². The molecule has 0 atom stereocenters. The maximum atomic E-state index is 4.53. The minimum atomic E-state index is 0.842. The van der Waals surface area contributed by atoms with E-state index >= 15 is 0 Å². The Morgan fingerprint density at radius 2 is 1.84 bits per heavy atom. The molecule has 1 aromatic rings. The van der Waals surface area contributed by atoms with Gasteiger partial charge in [0.1, 0.15) is 4.60 Å². The first-order valence-electron chi connectivity index (χ1n) is 7.39. The van der Waals surface area contributed by atoms with Gasteiger partial charge in [0.15, 0.2) is 0 Å². The van der Waals surface area contributed by atoms with Crippen molar-refractivity contribution in [3.8, 4) is 0 Å². The lowest BCUT2D eigenvalue weighted by molar-refractivity contribution is 0.122. The van der Waals surface area contributed by atoms with Gasteiger partial charge in [-0.05, 0) is 66.8 Å². The largest absolute Gasteiger partial charge is 0.300 e. The lowest BCUT2D eigenvalue weighted by Gasteiger charge is -2.36. The van der Waals surface area contributed by atoms with Crippen LogP contribution in [0.3, 0.4) is 0 Å². The van der Waals surface area contributed by atoms with Gasteiger partial charge in [-0.1, -0.05) is 6.07 Å². The van der Waals surface area contributed by atoms with E-state index in [-0.39, 0.29) is 0 Å². The Morgan fingerprint density at radius 1 is 1.11 bits per heavy atom. The van der Waals surface area contributed by atoms with Gasteiger partial charge in [-0.15, -0.1) is 0 Å². The third kappa shape index (κ3) is 3.56. The van der Waals surface area contributed by atoms with Gasteiger partial charge in [0.25, 0.3) is 0 Å². The maximum Gasteiger partial charge on any atom is 0.106 e. The number of hydrogen-bond donors (Lipinski definition) is 0. The Bertz CT molecular complexity index is 410. The highest BCUT2D eigenvalue weighted by Crippen LogP contribution is 2.22. The molecule has 3 nitrogen and oxygen atoms in total. The number of likely N-dealkylation sites (tertiary alicyclic amines) is 2. The van der Waals surface area contributed by atoms with Gasteiger partial charge in [0.2, 0.25) is 0 Å². The summed E-state index contributed by atoms with van der Waals surface area (Å²) in [5.74, 6) is 0. The van der Waals surface area contributed by atoms with E-state index in [0.29, 0.717) is 0 Å². The molecule has 0 aromatic carbocycles. The fraction of sp³-hybridized carbons (Fsp3) is 0.667. The molecule has 0 radical (unpaired) electrons. The third-order valence-corrected chi connectivity index (χ3v) is 4.81. The second kappa shape index (κ2) is 6.33. The SMILES string of the molecule is Brc1cccc(CN2CCC(N3CCCC3)CC2)n1. The number of halogens is 1. The topological polar surface area (TPSA) is 19.4 Å². The van der Waals surface area contributed by atoms with Gasteiger partial charge in [-0.3, -0.25) is 4.90 Å². The zero-order chi connectivity index (χ0) is 13.1. The monoisotopic (exact) mass is 323 g/mol. The molecule has 2 aliphatic rings. The summed E-state index contributed by atoms with van der Waals surface area (Å²) in [6.07, 6.45) is 5.46. The standard InChI is InChI=1S/C15H22BrN3/c16-15-5-3-4-13(17-15)12-18-10-6-14(7-11-18)19-8-1-2-9-19/h3-5,14H,1-2,6-12H2. The summed E-state index contributed by atoms with van der Waals surface area (Å²) in [4.78, 5) is 9.77. The van der Waals surface area contributed by atoms with Gasteiger partial charge in [0, 0.05) is 25.7 Å². The molecular weight excluding hydrogens is 302 g/mol. The molecule has 0 aliphatic carbocycles. The molecule has 2 saturated heterocycles. The molecule has 3 rings (SSSR count). The highest BCUT2D eigenvalue weighted by Gasteiger charge is 2.26. The fourth-order valence-corrected chi connectivity index (χ4v) is 3.70. The van der Waals surface area contributed by atoms with Crippen molar-refractivity contribution < 1.29 is 0 Å². The number of piperidine rings is 1. The third-order valence-electron chi connectivity index (χ3n) is 4.37. The predicted octanol–water partition coefficient (Wildman–Crippen LogP) is 2.90. The van der Waals surface area contributed by atoms with Crippen LogP contribution in [0, 0.1) is 0 Å². The van der Waals surface area contributed by atoms with Gasteiger partial charge >= 0.3 is 0 Å². The van der Waals surface area contributed by atoms with Crippen molar-refractivity contribution in [2.45, 2.75) is 38.3 Å². The first-order valence-corrected chi connectivity index (χ1v) is 8.18. The minimum Gasteiger partial charge on any atom is -0.300 e. The zero-order valence-corrected chi connectivity index (χ0v) is 13.0. The Kier molecular flexibility index (Phi) is 4.51. The van der Waals surface area contributed by atoms with E-state index in [0.717, 1.165) is 17.2 Å². The van der Waals surface area contributed by atoms with E-state index in [4.69, 9.17) is 0 Å². The summed E-state index contributed by atoms with van der Waals surface area (Å²) < 4.78 is 0.942. The van der Waals surface area contributed by atoms with Gasteiger partial charge in [-0.2, -0.15) is 0 Å². The van der Waals surface area contributed by atoms with Crippen molar-refractivity contribution in [2.75, 3.05) is 26.2 Å². The van der Waals surface area contributed by atoms with Crippen LogP contribution in [0.4, 0.5) is 0 Å². The van der Waals surface area contributed by atoms with Gasteiger partial charge in [0.05, 0.1) is 5.69 Å². The number of rotatable bonds is 3. The summed E-state index contributed by atoms with van der Waals surface area (Å²) in [6, 6.07) is 7.03. The first kappa shape index (κ1) is 13.5. The Balaban J connectivity index is 1.50. The Morgan fingerprint density at radius 3 is 2.53 bits per heavy atom. The molecule has 4 heteroatoms. The maximum absolute atomic E-state index is 4.53. The molecule has 1 aromatic heterocycles. The van der Waals surface area contributed by atoms with Crippen molar-refractivity contribution >= 4 is 15.9 Å². The van der Waals surface area contributed by atoms with Gasteiger partial charge in [-0.25, -0.2) is 4.98 Å². The molecule has 0 bridgehead atoms. The van der Waals surface area contributed by atoms with Crippen LogP contribution >= 0.6 is 15.9 Å². The summed E-state index contributed by atoms with van der Waals surface area (Å²) in [5, 5.41) is 0. The minimum absolute atomic E-state index is 0.842. The summed E-state index contributed by atoms with van der Waals surface area (Å²) in [6.45, 7) is 6.09. The molecule has 0 amide bonds. The predicted molar refractivity (Wildman–Crippen MR) is 81.0 cm³/mol. The van der Waals surface area contributed by atoms with E-state index in [1.807, 2.05) is 6.07 Å². The lowest BCUT2D eigenvalue weighted by atomic mass is 10.0. The van der Waals surface area contributed by atoms with E-state index < -0.39 is 0 Å². The summed E-state index contributed by atoms with van der Waals surface area (Å²) in [7, 11) is 0. The van der Waals surface area contributed by atoms with E-state index in [2.05, 4.69) is 42.8 Å². The molecule has 2 aliphatic heterocycles. The quantitative estimate of drug-likeness (QED) is 0.797. The highest BCUT2D eigenvalue weighted by molar-refractivity contribution is 9.10. The van der Waals surface area contributed by atoms with E-state index in [9.17, 15) is 0 Å². The summed E-state index contributed by atoms with van der Waals surface area (Å²) in [5.41, 5.74) is 1.17. The average molecular weight is 324 g/mol. The van der Waals surface area contributed by atoms with Crippen LogP contribution in [0.25, 0.3) is 0 Å². The van der Waals surface area contributed by atoms with Gasteiger partial charge < -0.3 is 4.90 Å². The highest BCUT2D eigenvalue weighted by atomic mass is 79.9. The molecular formula is C15H22BrN3. The molecule has 2 fully saturated rings. The van der Waals surface area contributed by atoms with Crippen molar-refractivity contribution in [3.63, 3.8) is 0 Å². The van der Waals surface area contributed by atoms with Crippen LogP contribution < -0.4 is 0 Å². The number of aromatic nitrogens is 1. The van der Waals surface area contributed by atoms with Crippen LogP contribution in [-0.2, 0) is 6.54 Å². The van der Waals surface area contributed by atoms with Crippen molar-refractivity contribution in [1.29, 1.82) is 0 Å². The van der Waals surface area contributed by atoms with E-state index in [1.165, 1.54) is 57.6 Å². The van der Waals surface area contributed by atoms with Crippen LogP contribution in [0.2, 0.25) is 0 Å². The Labute approximate surface area is 124 Å². The molecule has 0 unspecified atom stereocenters. The van der Waals surface area contributed by atoms with Crippen LogP contribution in [0.1, 0.15) is 31.4 Å². The van der Waals surface area contributed by atoms with Crippen molar-refractivity contribution in [3.05, 3.63) is 28.5 Å². The first-order chi connectivity index (χ1) is 9.31. The average Bonchev–Trinajstić information content (AvgIpc) is 2.94. The molecule has 19 heavy (non-hydrogen) atoms. The molecule has 3 heterocycles. The van der Waals surface area contributed by atoms with E-state index in [1.54, 1.807) is 0 Å². The lowest BCUT2D eigenvalue weighted by Crippen LogP contribution is -2.43. The fourth-order valence-electron chi connectivity index (χ4n) is 3.32. The second-order valence-corrected chi connectivity index (χ2v) is 6.51. The zero-order valence-electron chi connectivity index (χ0n) is 11.4. The Hall–Kier alpha value is -0.450. The van der Waals surface area contributed by atoms with Crippen LogP contribution in [-0.4, -0.2) is 47.0 Å². The molecule has 0 saturated carbocycles. The van der Waals surface area contributed by atoms with Crippen LogP contribution in [0.5, 0.6) is 0 Å². The van der Waals surface area contributed by atoms with Crippen molar-refractivity contribution in [1.82, 2.24) is 14.8 Å².